The summed E-state index contributed by atoms with van der Waals surface area (Å²) in [5, 5.41) is 18.6. The van der Waals surface area contributed by atoms with E-state index in [0.29, 0.717) is 17.9 Å². The van der Waals surface area contributed by atoms with E-state index < -0.39 is 0 Å². The molecule has 1 amide bonds. The van der Waals surface area contributed by atoms with Crippen LogP contribution in [0.15, 0.2) is 79.0 Å². The number of anilines is 1. The van der Waals surface area contributed by atoms with Crippen molar-refractivity contribution in [1.82, 2.24) is 35.4 Å². The van der Waals surface area contributed by atoms with Gasteiger partial charge >= 0.3 is 0 Å². The monoisotopic (exact) mass is 596 g/mol. The van der Waals surface area contributed by atoms with Crippen molar-refractivity contribution in [2.45, 2.75) is 19.4 Å². The molecule has 0 aliphatic carbocycles. The van der Waals surface area contributed by atoms with Gasteiger partial charge < -0.3 is 9.64 Å². The number of ether oxygens (including phenoxy) is 1. The lowest BCUT2D eigenvalue weighted by molar-refractivity contribution is 0.102. The van der Waals surface area contributed by atoms with Gasteiger partial charge in [0.15, 0.2) is 0 Å². The average molecular weight is 597 g/mol. The Morgan fingerprint density at radius 3 is 2.65 bits per heavy atom. The molecular weight excluding hydrogens is 564 g/mol. The van der Waals surface area contributed by atoms with Crippen molar-refractivity contribution in [3.8, 4) is 17.0 Å². The summed E-state index contributed by atoms with van der Waals surface area (Å²) in [6.07, 6.45) is 3.80. The molecule has 2 N–H and O–H groups in total. The smallest absolute Gasteiger partial charge is 0.262 e. The van der Waals surface area contributed by atoms with E-state index >= 15 is 0 Å². The Bertz CT molecular complexity index is 1660. The summed E-state index contributed by atoms with van der Waals surface area (Å²) in [5.41, 5.74) is 3.78. The number of hydrogen-bond acceptors (Lipinski definition) is 8. The average Bonchev–Trinajstić information content (AvgIpc) is 3.44. The third-order valence-electron chi connectivity index (χ3n) is 7.66. The number of nitrogens with zero attached hydrogens (tertiary/aromatic N) is 6. The first-order valence-corrected chi connectivity index (χ1v) is 14.9. The highest BCUT2D eigenvalue weighted by Crippen LogP contribution is 2.29. The van der Waals surface area contributed by atoms with Crippen molar-refractivity contribution in [3.63, 3.8) is 0 Å². The molecule has 1 fully saturated rings. The van der Waals surface area contributed by atoms with E-state index in [1.807, 2.05) is 72.9 Å². The van der Waals surface area contributed by atoms with E-state index in [1.165, 1.54) is 5.56 Å². The first kappa shape index (κ1) is 28.7. The third kappa shape index (κ3) is 7.16. The number of halogens is 1. The molecular formula is C32H33ClN8O2. The van der Waals surface area contributed by atoms with Gasteiger partial charge in [-0.2, -0.15) is 0 Å². The number of carbonyl (C=O) groups is 1. The summed E-state index contributed by atoms with van der Waals surface area (Å²) >= 11 is 6.10. The largest absolute Gasteiger partial charge is 0.493 e. The van der Waals surface area contributed by atoms with Gasteiger partial charge in [-0.15, -0.1) is 0 Å². The van der Waals surface area contributed by atoms with Crippen LogP contribution in [0.25, 0.3) is 22.0 Å². The molecule has 0 unspecified atom stereocenters. The fourth-order valence-electron chi connectivity index (χ4n) is 5.54. The Kier molecular flexibility index (Phi) is 9.17. The van der Waals surface area contributed by atoms with Crippen molar-refractivity contribution < 1.29 is 9.53 Å². The normalized spacial score (nSPS) is 14.4. The maximum Gasteiger partial charge on any atom is 0.262 e. The number of hydrogen-bond donors (Lipinski definition) is 2. The molecule has 0 saturated carbocycles. The fraction of sp³-hybridized carbons (Fsp3) is 0.281. The summed E-state index contributed by atoms with van der Waals surface area (Å²) in [6, 6.07) is 23.6. The SMILES string of the molecule is O=C(Nc1nnn[nH]1)c1c(OCCCN2CCCN(Cc3cccnc3-c3ccc(Cl)cc3)CC2)ccc2ccccc12. The Balaban J connectivity index is 1.04. The van der Waals surface area contributed by atoms with Crippen LogP contribution < -0.4 is 10.1 Å². The first-order valence-electron chi connectivity index (χ1n) is 14.5. The number of fused-ring (bicyclic) bond motifs is 1. The highest BCUT2D eigenvalue weighted by molar-refractivity contribution is 6.30. The van der Waals surface area contributed by atoms with E-state index in [1.54, 1.807) is 0 Å². The van der Waals surface area contributed by atoms with Crippen molar-refractivity contribution in [2.24, 2.45) is 0 Å². The number of rotatable bonds is 10. The number of nitrogens with one attached hydrogen (secondary N) is 2. The molecule has 0 spiro atoms. The summed E-state index contributed by atoms with van der Waals surface area (Å²) in [6.45, 7) is 6.35. The number of aromatic nitrogens is 5. The van der Waals surface area contributed by atoms with Gasteiger partial charge in [0.05, 0.1) is 17.9 Å². The molecule has 10 nitrogen and oxygen atoms in total. The summed E-state index contributed by atoms with van der Waals surface area (Å²) in [5.74, 6) is 0.397. The summed E-state index contributed by atoms with van der Waals surface area (Å²) in [4.78, 5) is 22.9. The lowest BCUT2D eigenvalue weighted by atomic mass is 10.0. The highest BCUT2D eigenvalue weighted by Gasteiger charge is 2.20. The molecule has 43 heavy (non-hydrogen) atoms. The lowest BCUT2D eigenvalue weighted by Gasteiger charge is -2.23. The minimum absolute atomic E-state index is 0.184. The lowest BCUT2D eigenvalue weighted by Crippen LogP contribution is -2.31. The summed E-state index contributed by atoms with van der Waals surface area (Å²) < 4.78 is 6.20. The number of H-pyrrole nitrogens is 1. The molecule has 2 aromatic heterocycles. The topological polar surface area (TPSA) is 112 Å². The molecule has 6 rings (SSSR count). The van der Waals surface area contributed by atoms with Crippen LogP contribution >= 0.6 is 11.6 Å². The van der Waals surface area contributed by atoms with Crippen molar-refractivity contribution in [1.29, 1.82) is 0 Å². The van der Waals surface area contributed by atoms with Gasteiger partial charge in [-0.1, -0.05) is 65.2 Å². The second-order valence-electron chi connectivity index (χ2n) is 10.6. The molecule has 220 valence electrons. The third-order valence-corrected chi connectivity index (χ3v) is 7.91. The van der Waals surface area contributed by atoms with Crippen molar-refractivity contribution >= 4 is 34.2 Å². The van der Waals surface area contributed by atoms with Crippen LogP contribution in [0.2, 0.25) is 5.02 Å². The number of aromatic amines is 1. The van der Waals surface area contributed by atoms with E-state index in [-0.39, 0.29) is 11.9 Å². The van der Waals surface area contributed by atoms with Crippen LogP contribution in [0.1, 0.15) is 28.8 Å². The zero-order chi connectivity index (χ0) is 29.4. The van der Waals surface area contributed by atoms with Crippen LogP contribution in [-0.4, -0.2) is 80.6 Å². The van der Waals surface area contributed by atoms with E-state index in [0.717, 1.165) is 79.2 Å². The van der Waals surface area contributed by atoms with Crippen molar-refractivity contribution in [3.05, 3.63) is 95.1 Å². The summed E-state index contributed by atoms with van der Waals surface area (Å²) in [7, 11) is 0. The zero-order valence-electron chi connectivity index (χ0n) is 23.7. The standard InChI is InChI=1S/C32H33ClN8O2/c33-26-12-9-24(10-13-26)30-25(7-3-15-34-30)22-41-17-4-16-40(19-20-41)18-5-21-43-28-14-11-23-6-1-2-8-27(23)29(28)31(42)35-32-36-38-39-37-32/h1-3,6-15H,4-5,16-22H2,(H2,35,36,37,38,39,42). The van der Waals surface area contributed by atoms with Crippen LogP contribution in [0.5, 0.6) is 5.75 Å². The maximum atomic E-state index is 13.2. The van der Waals surface area contributed by atoms with E-state index in [2.05, 4.69) is 46.8 Å². The number of tetrazole rings is 1. The molecule has 1 saturated heterocycles. The number of carbonyl (C=O) groups excluding carboxylic acids is 1. The van der Waals surface area contributed by atoms with Crippen LogP contribution in [0.3, 0.4) is 0 Å². The molecule has 1 aliphatic rings. The van der Waals surface area contributed by atoms with Crippen LogP contribution in [0, 0.1) is 0 Å². The Morgan fingerprint density at radius 2 is 1.79 bits per heavy atom. The Labute approximate surface area is 255 Å². The minimum Gasteiger partial charge on any atom is -0.493 e. The molecule has 11 heteroatoms. The van der Waals surface area contributed by atoms with Gasteiger partial charge in [0.2, 0.25) is 5.95 Å². The highest BCUT2D eigenvalue weighted by atomic mass is 35.5. The first-order chi connectivity index (χ1) is 21.1. The van der Waals surface area contributed by atoms with Gasteiger partial charge in [-0.3, -0.25) is 20.0 Å². The fourth-order valence-corrected chi connectivity index (χ4v) is 5.67. The number of amides is 1. The minimum atomic E-state index is -0.328. The molecule has 0 atom stereocenters. The Hall–Kier alpha value is -4.38. The molecule has 1 aliphatic heterocycles. The quantitative estimate of drug-likeness (QED) is 0.209. The molecule has 3 heterocycles. The predicted octanol–water partition coefficient (Wildman–Crippen LogP) is 5.30. The van der Waals surface area contributed by atoms with E-state index in [9.17, 15) is 4.79 Å². The number of benzene rings is 3. The zero-order valence-corrected chi connectivity index (χ0v) is 24.5. The van der Waals surface area contributed by atoms with Gasteiger partial charge in [0, 0.05) is 43.0 Å². The Morgan fingerprint density at radius 1 is 0.953 bits per heavy atom. The molecule has 3 aromatic carbocycles. The van der Waals surface area contributed by atoms with Crippen molar-refractivity contribution in [2.75, 3.05) is 44.6 Å². The van der Waals surface area contributed by atoms with Gasteiger partial charge in [0.25, 0.3) is 5.91 Å². The maximum absolute atomic E-state index is 13.2. The molecule has 0 bridgehead atoms. The molecule has 0 radical (unpaired) electrons. The van der Waals surface area contributed by atoms with E-state index in [4.69, 9.17) is 16.3 Å². The molecule has 5 aromatic rings. The second-order valence-corrected chi connectivity index (χ2v) is 11.0. The van der Waals surface area contributed by atoms with Gasteiger partial charge in [-0.05, 0) is 77.0 Å². The predicted molar refractivity (Wildman–Crippen MR) is 167 cm³/mol. The van der Waals surface area contributed by atoms with Gasteiger partial charge in [0.1, 0.15) is 5.75 Å². The second kappa shape index (κ2) is 13.7. The van der Waals surface area contributed by atoms with Gasteiger partial charge in [-0.25, -0.2) is 5.10 Å². The van der Waals surface area contributed by atoms with Crippen LogP contribution in [0.4, 0.5) is 5.95 Å². The van der Waals surface area contributed by atoms with Crippen LogP contribution in [-0.2, 0) is 6.54 Å². The number of pyridine rings is 1.